The van der Waals surface area contributed by atoms with E-state index in [1.807, 2.05) is 30.3 Å². The maximum absolute atomic E-state index is 11.9. The SMILES string of the molecule is CN=C(NCc1cccc(Cl)c1)NCc1ccc(OC)c(C(=O)OC)c1.I. The minimum Gasteiger partial charge on any atom is -0.496 e. The van der Waals surface area contributed by atoms with Crippen LogP contribution in [0.3, 0.4) is 0 Å². The maximum atomic E-state index is 11.9. The number of carbonyl (C=O) groups is 1. The summed E-state index contributed by atoms with van der Waals surface area (Å²) in [5.41, 5.74) is 2.34. The van der Waals surface area contributed by atoms with E-state index in [1.165, 1.54) is 14.2 Å². The molecule has 8 heteroatoms. The summed E-state index contributed by atoms with van der Waals surface area (Å²) in [4.78, 5) is 16.1. The molecule has 0 amide bonds. The van der Waals surface area contributed by atoms with Gasteiger partial charge >= 0.3 is 5.97 Å². The third kappa shape index (κ3) is 6.91. The first-order valence-electron chi connectivity index (χ1n) is 8.01. The minimum absolute atomic E-state index is 0. The van der Waals surface area contributed by atoms with Gasteiger partial charge in [0.2, 0.25) is 0 Å². The molecule has 6 nitrogen and oxygen atoms in total. The highest BCUT2D eigenvalue weighted by molar-refractivity contribution is 14.0. The van der Waals surface area contributed by atoms with Crippen molar-refractivity contribution in [3.05, 3.63) is 64.2 Å². The largest absolute Gasteiger partial charge is 0.496 e. The summed E-state index contributed by atoms with van der Waals surface area (Å²) in [5.74, 6) is 0.677. The van der Waals surface area contributed by atoms with E-state index in [1.54, 1.807) is 19.2 Å². The van der Waals surface area contributed by atoms with E-state index in [0.717, 1.165) is 11.1 Å². The Labute approximate surface area is 181 Å². The summed E-state index contributed by atoms with van der Waals surface area (Å²) in [6, 6.07) is 13.0. The van der Waals surface area contributed by atoms with Gasteiger partial charge in [-0.05, 0) is 35.4 Å². The molecule has 0 aromatic heterocycles. The lowest BCUT2D eigenvalue weighted by molar-refractivity contribution is 0.0597. The van der Waals surface area contributed by atoms with Crippen molar-refractivity contribution >= 4 is 47.5 Å². The fraction of sp³-hybridized carbons (Fsp3) is 0.263. The standard InChI is InChI=1S/C19H22ClN3O3.HI/c1-21-19(22-11-13-5-4-6-15(20)9-13)23-12-14-7-8-17(25-2)16(10-14)18(24)26-3;/h4-10H,11-12H2,1-3H3,(H2,21,22,23);1H. The fourth-order valence-corrected chi connectivity index (χ4v) is 2.59. The predicted octanol–water partition coefficient (Wildman–Crippen LogP) is 3.62. The number of carbonyl (C=O) groups excluding carboxylic acids is 1. The van der Waals surface area contributed by atoms with Crippen LogP contribution in [0.1, 0.15) is 21.5 Å². The molecule has 146 valence electrons. The Bertz CT molecular complexity index is 800. The molecular weight excluding hydrogens is 481 g/mol. The van der Waals surface area contributed by atoms with Crippen LogP contribution in [-0.4, -0.2) is 33.2 Å². The molecule has 0 heterocycles. The molecule has 2 rings (SSSR count). The van der Waals surface area contributed by atoms with Gasteiger partial charge in [-0.2, -0.15) is 0 Å². The number of esters is 1. The highest BCUT2D eigenvalue weighted by Crippen LogP contribution is 2.20. The van der Waals surface area contributed by atoms with Crippen molar-refractivity contribution < 1.29 is 14.3 Å². The van der Waals surface area contributed by atoms with Crippen LogP contribution in [0, 0.1) is 0 Å². The first-order valence-corrected chi connectivity index (χ1v) is 8.39. The van der Waals surface area contributed by atoms with E-state index in [0.29, 0.717) is 35.4 Å². The monoisotopic (exact) mass is 503 g/mol. The Hall–Kier alpha value is -2.00. The molecule has 0 aliphatic carbocycles. The smallest absolute Gasteiger partial charge is 0.341 e. The van der Waals surface area contributed by atoms with Gasteiger partial charge in [0.05, 0.1) is 14.2 Å². The minimum atomic E-state index is -0.438. The molecule has 0 aliphatic rings. The van der Waals surface area contributed by atoms with E-state index < -0.39 is 5.97 Å². The number of benzene rings is 2. The number of guanidine groups is 1. The molecule has 0 radical (unpaired) electrons. The topological polar surface area (TPSA) is 72.0 Å². The van der Waals surface area contributed by atoms with Gasteiger partial charge in [0.1, 0.15) is 11.3 Å². The van der Waals surface area contributed by atoms with Crippen LogP contribution in [0.5, 0.6) is 5.75 Å². The number of nitrogens with one attached hydrogen (secondary N) is 2. The average molecular weight is 504 g/mol. The highest BCUT2D eigenvalue weighted by atomic mass is 127. The van der Waals surface area contributed by atoms with Crippen LogP contribution in [0.2, 0.25) is 5.02 Å². The second-order valence-corrected chi connectivity index (χ2v) is 5.87. The number of ether oxygens (including phenoxy) is 2. The molecule has 0 unspecified atom stereocenters. The maximum Gasteiger partial charge on any atom is 0.341 e. The summed E-state index contributed by atoms with van der Waals surface area (Å²) in [6.45, 7) is 1.08. The molecule has 2 aromatic carbocycles. The molecule has 0 bridgehead atoms. The van der Waals surface area contributed by atoms with E-state index >= 15 is 0 Å². The zero-order chi connectivity index (χ0) is 18.9. The Kier molecular flexibility index (Phi) is 9.95. The Morgan fingerprint density at radius 1 is 1.07 bits per heavy atom. The van der Waals surface area contributed by atoms with Crippen LogP contribution in [0.15, 0.2) is 47.5 Å². The second kappa shape index (κ2) is 11.7. The number of methoxy groups -OCH3 is 2. The first kappa shape index (κ1) is 23.0. The molecule has 0 saturated carbocycles. The van der Waals surface area contributed by atoms with Crippen molar-refractivity contribution in [3.8, 4) is 5.75 Å². The Balaban J connectivity index is 0.00000364. The lowest BCUT2D eigenvalue weighted by Crippen LogP contribution is -2.36. The van der Waals surface area contributed by atoms with Gasteiger partial charge in [-0.15, -0.1) is 24.0 Å². The number of hydrogen-bond acceptors (Lipinski definition) is 4. The number of halogens is 2. The predicted molar refractivity (Wildman–Crippen MR) is 118 cm³/mol. The molecule has 2 N–H and O–H groups in total. The zero-order valence-electron chi connectivity index (χ0n) is 15.4. The summed E-state index contributed by atoms with van der Waals surface area (Å²) in [5, 5.41) is 7.12. The third-order valence-corrected chi connectivity index (χ3v) is 3.94. The van der Waals surface area contributed by atoms with E-state index in [2.05, 4.69) is 15.6 Å². The lowest BCUT2D eigenvalue weighted by atomic mass is 10.1. The normalized spacial score (nSPS) is 10.6. The molecule has 0 saturated heterocycles. The molecular formula is C19H23ClIN3O3. The van der Waals surface area contributed by atoms with Crippen molar-refractivity contribution in [3.63, 3.8) is 0 Å². The van der Waals surface area contributed by atoms with Gasteiger partial charge in [0, 0.05) is 25.2 Å². The molecule has 0 atom stereocenters. The van der Waals surface area contributed by atoms with E-state index in [4.69, 9.17) is 21.1 Å². The molecule has 0 aliphatic heterocycles. The molecule has 27 heavy (non-hydrogen) atoms. The Morgan fingerprint density at radius 3 is 2.30 bits per heavy atom. The zero-order valence-corrected chi connectivity index (χ0v) is 18.5. The fourth-order valence-electron chi connectivity index (χ4n) is 2.37. The average Bonchev–Trinajstić information content (AvgIpc) is 2.67. The Morgan fingerprint density at radius 2 is 1.74 bits per heavy atom. The summed E-state index contributed by atoms with van der Waals surface area (Å²) in [7, 11) is 4.55. The lowest BCUT2D eigenvalue weighted by Gasteiger charge is -2.13. The van der Waals surface area contributed by atoms with Crippen LogP contribution >= 0.6 is 35.6 Å². The molecule has 0 fully saturated rings. The second-order valence-electron chi connectivity index (χ2n) is 5.44. The van der Waals surface area contributed by atoms with Crippen LogP contribution < -0.4 is 15.4 Å². The summed E-state index contributed by atoms with van der Waals surface area (Å²) in [6.07, 6.45) is 0. The van der Waals surface area contributed by atoms with Crippen molar-refractivity contribution in [2.45, 2.75) is 13.1 Å². The number of rotatable bonds is 6. The van der Waals surface area contributed by atoms with Gasteiger partial charge in [-0.3, -0.25) is 4.99 Å². The molecule has 0 spiro atoms. The third-order valence-electron chi connectivity index (χ3n) is 3.70. The van der Waals surface area contributed by atoms with Crippen molar-refractivity contribution in [1.29, 1.82) is 0 Å². The molecule has 2 aromatic rings. The summed E-state index contributed by atoms with van der Waals surface area (Å²) >= 11 is 5.99. The van der Waals surface area contributed by atoms with Crippen molar-refractivity contribution in [1.82, 2.24) is 10.6 Å². The van der Waals surface area contributed by atoms with Crippen LogP contribution in [0.4, 0.5) is 0 Å². The van der Waals surface area contributed by atoms with Crippen LogP contribution in [-0.2, 0) is 17.8 Å². The van der Waals surface area contributed by atoms with E-state index in [9.17, 15) is 4.79 Å². The number of hydrogen-bond donors (Lipinski definition) is 2. The summed E-state index contributed by atoms with van der Waals surface area (Å²) < 4.78 is 9.99. The van der Waals surface area contributed by atoms with Gasteiger partial charge < -0.3 is 20.1 Å². The van der Waals surface area contributed by atoms with Crippen molar-refractivity contribution in [2.24, 2.45) is 4.99 Å². The highest BCUT2D eigenvalue weighted by Gasteiger charge is 2.13. The number of aliphatic imine (C=N–C) groups is 1. The van der Waals surface area contributed by atoms with Gasteiger partial charge in [0.15, 0.2) is 5.96 Å². The first-order chi connectivity index (χ1) is 12.6. The van der Waals surface area contributed by atoms with Crippen LogP contribution in [0.25, 0.3) is 0 Å². The van der Waals surface area contributed by atoms with Gasteiger partial charge in [-0.25, -0.2) is 4.79 Å². The quantitative estimate of drug-likeness (QED) is 0.273. The number of nitrogens with zero attached hydrogens (tertiary/aromatic N) is 1. The van der Waals surface area contributed by atoms with Gasteiger partial charge in [-0.1, -0.05) is 29.8 Å². The van der Waals surface area contributed by atoms with E-state index in [-0.39, 0.29) is 24.0 Å². The van der Waals surface area contributed by atoms with Crippen molar-refractivity contribution in [2.75, 3.05) is 21.3 Å². The van der Waals surface area contributed by atoms with Gasteiger partial charge in [0.25, 0.3) is 0 Å².